The summed E-state index contributed by atoms with van der Waals surface area (Å²) in [6.07, 6.45) is 0. The Morgan fingerprint density at radius 3 is 2.33 bits per heavy atom. The van der Waals surface area contributed by atoms with Crippen molar-refractivity contribution in [3.63, 3.8) is 0 Å². The molecule has 0 atom stereocenters. The normalized spacial score (nSPS) is 14.0. The zero-order valence-electron chi connectivity index (χ0n) is 9.66. The maximum absolute atomic E-state index is 7.80. The SMILES string of the molecule is [2H]C([2H])(c1ccc(OC)cc1)N(C)C. The summed E-state index contributed by atoms with van der Waals surface area (Å²) in [6, 6.07) is 6.99. The van der Waals surface area contributed by atoms with Gasteiger partial charge in [0, 0.05) is 9.24 Å². The fourth-order valence-electron chi connectivity index (χ4n) is 0.924. The van der Waals surface area contributed by atoms with Crippen LogP contribution >= 0.6 is 0 Å². The van der Waals surface area contributed by atoms with Gasteiger partial charge in [-0.1, -0.05) is 12.1 Å². The highest BCUT2D eigenvalue weighted by Gasteiger charge is 1.94. The molecule has 0 radical (unpaired) electrons. The average molecular weight is 167 g/mol. The average Bonchev–Trinajstić information content (AvgIpc) is 2.17. The second-order valence-corrected chi connectivity index (χ2v) is 2.73. The number of ether oxygens (including phenoxy) is 1. The van der Waals surface area contributed by atoms with Crippen LogP contribution in [0.1, 0.15) is 8.30 Å². The summed E-state index contributed by atoms with van der Waals surface area (Å²) < 4.78 is 20.6. The monoisotopic (exact) mass is 167 g/mol. The van der Waals surface area contributed by atoms with Gasteiger partial charge in [-0.05, 0) is 31.8 Å². The van der Waals surface area contributed by atoms with Crippen molar-refractivity contribution >= 4 is 0 Å². The van der Waals surface area contributed by atoms with Gasteiger partial charge in [-0.25, -0.2) is 0 Å². The Hall–Kier alpha value is -1.02. The number of methoxy groups -OCH3 is 1. The molecular formula is C10H15NO. The van der Waals surface area contributed by atoms with E-state index in [9.17, 15) is 0 Å². The van der Waals surface area contributed by atoms with Crippen LogP contribution < -0.4 is 4.74 Å². The highest BCUT2D eigenvalue weighted by atomic mass is 16.5. The number of hydrogen-bond acceptors (Lipinski definition) is 2. The molecule has 0 N–H and O–H groups in total. The van der Waals surface area contributed by atoms with Gasteiger partial charge < -0.3 is 9.64 Å². The minimum absolute atomic E-state index is 0.628. The van der Waals surface area contributed by atoms with Crippen LogP contribution in [0.5, 0.6) is 5.75 Å². The van der Waals surface area contributed by atoms with Gasteiger partial charge in [-0.2, -0.15) is 0 Å². The largest absolute Gasteiger partial charge is 0.497 e. The lowest BCUT2D eigenvalue weighted by Crippen LogP contribution is -2.10. The third-order valence-corrected chi connectivity index (χ3v) is 1.44. The third-order valence-electron chi connectivity index (χ3n) is 1.44. The molecule has 0 saturated heterocycles. The van der Waals surface area contributed by atoms with Crippen LogP contribution in [0.15, 0.2) is 24.3 Å². The van der Waals surface area contributed by atoms with E-state index >= 15 is 0 Å². The Bertz CT molecular complexity index is 295. The van der Waals surface area contributed by atoms with E-state index in [0.29, 0.717) is 5.56 Å². The fraction of sp³-hybridized carbons (Fsp3) is 0.400. The highest BCUT2D eigenvalue weighted by molar-refractivity contribution is 5.26. The molecule has 0 amide bonds. The van der Waals surface area contributed by atoms with Crippen LogP contribution in [0.4, 0.5) is 0 Å². The van der Waals surface area contributed by atoms with E-state index in [1.807, 2.05) is 0 Å². The first-order chi connectivity index (χ1) is 6.48. The van der Waals surface area contributed by atoms with Gasteiger partial charge in [-0.3, -0.25) is 0 Å². The van der Waals surface area contributed by atoms with Crippen molar-refractivity contribution in [2.45, 2.75) is 6.50 Å². The first kappa shape index (κ1) is 6.49. The van der Waals surface area contributed by atoms with E-state index in [1.54, 1.807) is 45.5 Å². The minimum atomic E-state index is -1.44. The van der Waals surface area contributed by atoms with Crippen LogP contribution in [0.2, 0.25) is 0 Å². The molecule has 0 aromatic heterocycles. The molecule has 66 valence electrons. The molecule has 0 heterocycles. The quantitative estimate of drug-likeness (QED) is 0.680. The van der Waals surface area contributed by atoms with Crippen LogP contribution in [0.25, 0.3) is 0 Å². The van der Waals surface area contributed by atoms with Gasteiger partial charge in [0.25, 0.3) is 0 Å². The molecule has 0 aliphatic rings. The van der Waals surface area contributed by atoms with Gasteiger partial charge in [0.1, 0.15) is 5.75 Å². The van der Waals surface area contributed by atoms with Crippen molar-refractivity contribution in [2.24, 2.45) is 0 Å². The molecule has 1 aromatic carbocycles. The smallest absolute Gasteiger partial charge is 0.118 e. The second kappa shape index (κ2) is 4.12. The molecule has 1 aromatic rings. The number of rotatable bonds is 3. The predicted octanol–water partition coefficient (Wildman–Crippen LogP) is 1.76. The van der Waals surface area contributed by atoms with E-state index in [1.165, 1.54) is 4.90 Å². The Balaban J connectivity index is 2.97. The van der Waals surface area contributed by atoms with Crippen LogP contribution in [-0.4, -0.2) is 26.1 Å². The van der Waals surface area contributed by atoms with Gasteiger partial charge in [0.05, 0.1) is 7.11 Å². The van der Waals surface area contributed by atoms with E-state index < -0.39 is 6.50 Å². The molecule has 2 nitrogen and oxygen atoms in total. The van der Waals surface area contributed by atoms with Crippen LogP contribution in [0, 0.1) is 0 Å². The predicted molar refractivity (Wildman–Crippen MR) is 50.4 cm³/mol. The number of hydrogen-bond donors (Lipinski definition) is 0. The summed E-state index contributed by atoms with van der Waals surface area (Å²) in [6.45, 7) is -1.44. The molecule has 0 fully saturated rings. The fourth-order valence-corrected chi connectivity index (χ4v) is 0.924. The Morgan fingerprint density at radius 2 is 1.92 bits per heavy atom. The standard InChI is InChI=1S/C10H15NO/c1-11(2)8-9-4-6-10(12-3)7-5-9/h4-7H,8H2,1-3H3/i8D2. The third kappa shape index (κ3) is 2.55. The summed E-state index contributed by atoms with van der Waals surface area (Å²) in [7, 11) is 5.02. The molecule has 0 aliphatic carbocycles. The van der Waals surface area contributed by atoms with Crippen molar-refractivity contribution in [3.8, 4) is 5.75 Å². The Labute approximate surface area is 76.6 Å². The molecule has 0 aliphatic heterocycles. The second-order valence-electron chi connectivity index (χ2n) is 2.73. The zero-order valence-corrected chi connectivity index (χ0v) is 7.66. The number of nitrogens with zero attached hydrogens (tertiary/aromatic N) is 1. The molecule has 12 heavy (non-hydrogen) atoms. The lowest BCUT2D eigenvalue weighted by molar-refractivity contribution is 0.399. The molecule has 0 saturated carbocycles. The minimum Gasteiger partial charge on any atom is -0.497 e. The summed E-state index contributed by atoms with van der Waals surface area (Å²) in [5.74, 6) is 0.739. The van der Waals surface area contributed by atoms with Gasteiger partial charge in [0.15, 0.2) is 0 Å². The summed E-state index contributed by atoms with van der Waals surface area (Å²) in [4.78, 5) is 1.54. The molecule has 0 unspecified atom stereocenters. The van der Waals surface area contributed by atoms with E-state index in [0.717, 1.165) is 5.75 Å². The van der Waals surface area contributed by atoms with Crippen LogP contribution in [-0.2, 0) is 6.50 Å². The first-order valence-electron chi connectivity index (χ1n) is 4.80. The van der Waals surface area contributed by atoms with E-state index in [-0.39, 0.29) is 0 Å². The van der Waals surface area contributed by atoms with Crippen LogP contribution in [0.3, 0.4) is 0 Å². The summed E-state index contributed by atoms with van der Waals surface area (Å²) in [5.41, 5.74) is 0.628. The lowest BCUT2D eigenvalue weighted by Gasteiger charge is -2.09. The zero-order chi connectivity index (χ0) is 10.8. The molecule has 0 bridgehead atoms. The molecule has 1 rings (SSSR count). The molecular weight excluding hydrogens is 150 g/mol. The maximum Gasteiger partial charge on any atom is 0.118 e. The molecule has 2 heteroatoms. The first-order valence-corrected chi connectivity index (χ1v) is 3.80. The summed E-state index contributed by atoms with van der Waals surface area (Å²) >= 11 is 0. The van der Waals surface area contributed by atoms with Gasteiger partial charge in [0.2, 0.25) is 0 Å². The van der Waals surface area contributed by atoms with Crippen molar-refractivity contribution in [2.75, 3.05) is 21.2 Å². The maximum atomic E-state index is 7.80. The molecule has 0 spiro atoms. The summed E-state index contributed by atoms with van der Waals surface area (Å²) in [5, 5.41) is 0. The van der Waals surface area contributed by atoms with Crippen molar-refractivity contribution < 1.29 is 7.48 Å². The van der Waals surface area contributed by atoms with E-state index in [4.69, 9.17) is 7.48 Å². The van der Waals surface area contributed by atoms with Gasteiger partial charge >= 0.3 is 0 Å². The van der Waals surface area contributed by atoms with E-state index in [2.05, 4.69) is 0 Å². The van der Waals surface area contributed by atoms with Crippen molar-refractivity contribution in [1.82, 2.24) is 4.90 Å². The van der Waals surface area contributed by atoms with Crippen molar-refractivity contribution in [1.29, 1.82) is 0 Å². The van der Waals surface area contributed by atoms with Gasteiger partial charge in [-0.15, -0.1) is 0 Å². The number of benzene rings is 1. The lowest BCUT2D eigenvalue weighted by atomic mass is 10.2. The topological polar surface area (TPSA) is 12.5 Å². The Kier molecular flexibility index (Phi) is 2.23. The van der Waals surface area contributed by atoms with Crippen molar-refractivity contribution in [3.05, 3.63) is 29.8 Å². The Morgan fingerprint density at radius 1 is 1.33 bits per heavy atom. The highest BCUT2D eigenvalue weighted by Crippen LogP contribution is 2.11.